The van der Waals surface area contributed by atoms with Gasteiger partial charge in [-0.2, -0.15) is 8.42 Å². The van der Waals surface area contributed by atoms with Crippen LogP contribution < -0.4 is 0 Å². The highest BCUT2D eigenvalue weighted by Crippen LogP contribution is 2.01. The zero-order valence-corrected chi connectivity index (χ0v) is 11.3. The Morgan fingerprint density at radius 1 is 1.47 bits per heavy atom. The summed E-state index contributed by atoms with van der Waals surface area (Å²) in [6, 6.07) is 0. The third kappa shape index (κ3) is 9.10. The van der Waals surface area contributed by atoms with Crippen molar-refractivity contribution < 1.29 is 22.5 Å². The highest BCUT2D eigenvalue weighted by Gasteiger charge is 2.18. The van der Waals surface area contributed by atoms with Crippen LogP contribution in [0.3, 0.4) is 0 Å². The van der Waals surface area contributed by atoms with Crippen LogP contribution in [0.4, 0.5) is 0 Å². The summed E-state index contributed by atoms with van der Waals surface area (Å²) in [7, 11) is -4.10. The molecule has 15 heavy (non-hydrogen) atoms. The maximum absolute atomic E-state index is 10.9. The molecule has 86 valence electrons. The SMILES string of the molecule is CCCCC(=O)OCC(C)S(=O)(=O)O.[Mg]. The molecule has 0 aliphatic heterocycles. The average molecular weight is 249 g/mol. The van der Waals surface area contributed by atoms with Crippen molar-refractivity contribution in [1.29, 1.82) is 0 Å². The number of ether oxygens (including phenoxy) is 1. The van der Waals surface area contributed by atoms with Crippen LogP contribution in [0.2, 0.25) is 0 Å². The highest BCUT2D eigenvalue weighted by molar-refractivity contribution is 7.86. The lowest BCUT2D eigenvalue weighted by Gasteiger charge is -2.08. The molecule has 7 heteroatoms. The van der Waals surface area contributed by atoms with Crippen molar-refractivity contribution in [2.45, 2.75) is 38.4 Å². The lowest BCUT2D eigenvalue weighted by Crippen LogP contribution is -2.24. The van der Waals surface area contributed by atoms with Gasteiger partial charge >= 0.3 is 5.97 Å². The van der Waals surface area contributed by atoms with Crippen molar-refractivity contribution in [3.8, 4) is 0 Å². The van der Waals surface area contributed by atoms with Gasteiger partial charge in [0.25, 0.3) is 10.1 Å². The van der Waals surface area contributed by atoms with Crippen molar-refractivity contribution >= 4 is 39.1 Å². The second-order valence-corrected chi connectivity index (χ2v) is 4.95. The molecule has 1 atom stereocenters. The Kier molecular flexibility index (Phi) is 9.72. The Balaban J connectivity index is 0. The summed E-state index contributed by atoms with van der Waals surface area (Å²) in [4.78, 5) is 10.9. The Morgan fingerprint density at radius 2 is 2.00 bits per heavy atom. The number of carbonyl (C=O) groups is 1. The topological polar surface area (TPSA) is 80.7 Å². The number of hydrogen-bond acceptors (Lipinski definition) is 4. The summed E-state index contributed by atoms with van der Waals surface area (Å²) < 4.78 is 34.3. The first kappa shape index (κ1) is 17.5. The molecule has 0 saturated carbocycles. The number of esters is 1. The summed E-state index contributed by atoms with van der Waals surface area (Å²) in [5, 5.41) is -1.06. The largest absolute Gasteiger partial charge is 0.464 e. The molecule has 5 nitrogen and oxygen atoms in total. The maximum Gasteiger partial charge on any atom is 0.305 e. The molecule has 0 aromatic carbocycles. The number of hydrogen-bond donors (Lipinski definition) is 1. The Hall–Kier alpha value is 0.146. The van der Waals surface area contributed by atoms with Gasteiger partial charge in [0, 0.05) is 29.5 Å². The number of unbranched alkanes of at least 4 members (excludes halogenated alkanes) is 1. The molecule has 0 aromatic rings. The van der Waals surface area contributed by atoms with Crippen molar-refractivity contribution in [2.75, 3.05) is 6.61 Å². The van der Waals surface area contributed by atoms with Crippen LogP contribution in [0.5, 0.6) is 0 Å². The van der Waals surface area contributed by atoms with Gasteiger partial charge in [0.1, 0.15) is 11.9 Å². The average Bonchev–Trinajstić information content (AvgIpc) is 2.09. The normalized spacial score (nSPS) is 12.7. The first-order chi connectivity index (χ1) is 6.38. The van der Waals surface area contributed by atoms with Crippen LogP contribution in [0.25, 0.3) is 0 Å². The van der Waals surface area contributed by atoms with Gasteiger partial charge in [-0.1, -0.05) is 13.3 Å². The van der Waals surface area contributed by atoms with E-state index in [-0.39, 0.29) is 36.1 Å². The smallest absolute Gasteiger partial charge is 0.305 e. The van der Waals surface area contributed by atoms with Crippen molar-refractivity contribution in [3.05, 3.63) is 0 Å². The molecular formula is C8H16MgO5S. The molecule has 0 spiro atoms. The van der Waals surface area contributed by atoms with Crippen LogP contribution in [-0.4, -0.2) is 53.8 Å². The fourth-order valence-corrected chi connectivity index (χ4v) is 0.930. The van der Waals surface area contributed by atoms with Crippen LogP contribution in [-0.2, 0) is 19.6 Å². The van der Waals surface area contributed by atoms with Gasteiger partial charge in [-0.3, -0.25) is 9.35 Å². The molecule has 0 saturated heterocycles. The van der Waals surface area contributed by atoms with E-state index in [2.05, 4.69) is 4.74 Å². The lowest BCUT2D eigenvalue weighted by molar-refractivity contribution is -0.143. The fraction of sp³-hybridized carbons (Fsp3) is 0.875. The molecule has 1 N–H and O–H groups in total. The van der Waals surface area contributed by atoms with Crippen LogP contribution >= 0.6 is 0 Å². The molecule has 0 aliphatic carbocycles. The Bertz CT molecular complexity index is 275. The molecule has 0 aromatic heterocycles. The predicted molar refractivity (Wildman–Crippen MR) is 57.2 cm³/mol. The van der Waals surface area contributed by atoms with Crippen molar-refractivity contribution in [3.63, 3.8) is 0 Å². The molecule has 0 heterocycles. The van der Waals surface area contributed by atoms with E-state index in [1.54, 1.807) is 0 Å². The number of carbonyl (C=O) groups excluding carboxylic acids is 1. The van der Waals surface area contributed by atoms with Gasteiger partial charge in [-0.05, 0) is 13.3 Å². The van der Waals surface area contributed by atoms with Gasteiger partial charge in [0.15, 0.2) is 0 Å². The molecule has 1 unspecified atom stereocenters. The minimum atomic E-state index is -4.10. The highest BCUT2D eigenvalue weighted by atomic mass is 32.2. The molecule has 0 amide bonds. The lowest BCUT2D eigenvalue weighted by atomic mass is 10.2. The van der Waals surface area contributed by atoms with Gasteiger partial charge < -0.3 is 4.74 Å². The van der Waals surface area contributed by atoms with E-state index in [0.29, 0.717) is 0 Å². The van der Waals surface area contributed by atoms with Crippen LogP contribution in [0.1, 0.15) is 33.1 Å². The molecule has 2 radical (unpaired) electrons. The van der Waals surface area contributed by atoms with Crippen LogP contribution in [0, 0.1) is 0 Å². The monoisotopic (exact) mass is 248 g/mol. The predicted octanol–water partition coefficient (Wildman–Crippen LogP) is 0.615. The Morgan fingerprint density at radius 3 is 2.40 bits per heavy atom. The van der Waals surface area contributed by atoms with Gasteiger partial charge in [0.05, 0.1) is 0 Å². The van der Waals surface area contributed by atoms with E-state index < -0.39 is 21.3 Å². The first-order valence-corrected chi connectivity index (χ1v) is 6.00. The summed E-state index contributed by atoms with van der Waals surface area (Å²) in [5.74, 6) is -0.428. The van der Waals surface area contributed by atoms with Crippen molar-refractivity contribution in [2.24, 2.45) is 0 Å². The minimum Gasteiger partial charge on any atom is -0.464 e. The zero-order chi connectivity index (χ0) is 11.2. The minimum absolute atomic E-state index is 0. The van der Waals surface area contributed by atoms with Gasteiger partial charge in [-0.15, -0.1) is 0 Å². The quantitative estimate of drug-likeness (QED) is 0.423. The second kappa shape index (κ2) is 8.32. The summed E-state index contributed by atoms with van der Waals surface area (Å²) in [5.41, 5.74) is 0. The first-order valence-electron chi connectivity index (χ1n) is 4.49. The van der Waals surface area contributed by atoms with Crippen LogP contribution in [0.15, 0.2) is 0 Å². The zero-order valence-electron chi connectivity index (χ0n) is 9.10. The van der Waals surface area contributed by atoms with E-state index in [9.17, 15) is 13.2 Å². The molecule has 0 bridgehead atoms. The summed E-state index contributed by atoms with van der Waals surface area (Å²) in [6.45, 7) is 2.93. The summed E-state index contributed by atoms with van der Waals surface area (Å²) >= 11 is 0. The molecular weight excluding hydrogens is 232 g/mol. The van der Waals surface area contributed by atoms with E-state index in [1.165, 1.54) is 6.92 Å². The third-order valence-electron chi connectivity index (χ3n) is 1.72. The standard InChI is InChI=1S/C8H16O5S.Mg/c1-3-4-5-8(9)13-6-7(2)14(10,11)12;/h7H,3-6H2,1-2H3,(H,10,11,12);. The Labute approximate surface area is 106 Å². The van der Waals surface area contributed by atoms with Gasteiger partial charge in [-0.25, -0.2) is 0 Å². The molecule has 0 rings (SSSR count). The maximum atomic E-state index is 10.9. The third-order valence-corrected chi connectivity index (χ3v) is 2.87. The molecule has 0 aliphatic rings. The van der Waals surface area contributed by atoms with Crippen molar-refractivity contribution in [1.82, 2.24) is 0 Å². The van der Waals surface area contributed by atoms with E-state index in [4.69, 9.17) is 4.55 Å². The fourth-order valence-electron chi connectivity index (χ4n) is 0.690. The number of rotatable bonds is 6. The second-order valence-electron chi connectivity index (χ2n) is 3.11. The van der Waals surface area contributed by atoms with E-state index in [1.807, 2.05) is 6.92 Å². The molecule has 0 fully saturated rings. The van der Waals surface area contributed by atoms with E-state index >= 15 is 0 Å². The van der Waals surface area contributed by atoms with E-state index in [0.717, 1.165) is 12.8 Å². The van der Waals surface area contributed by atoms with Gasteiger partial charge in [0.2, 0.25) is 0 Å². The summed E-state index contributed by atoms with van der Waals surface area (Å²) in [6.07, 6.45) is 1.89.